The SMILES string of the molecule is CCC1CN(CC(C)(CO)NC)CCN1C. The standard InChI is InChI=1S/C12H27N3O/c1-5-11-8-15(7-6-14(11)4)9-12(2,10-16)13-3/h11,13,16H,5-10H2,1-4H3. The van der Waals surface area contributed by atoms with Crippen molar-refractivity contribution in [1.82, 2.24) is 15.1 Å². The van der Waals surface area contributed by atoms with Crippen molar-refractivity contribution in [3.05, 3.63) is 0 Å². The predicted octanol–water partition coefficient (Wildman–Crippen LogP) is -0.0172. The molecule has 1 aliphatic heterocycles. The molecule has 0 bridgehead atoms. The van der Waals surface area contributed by atoms with Crippen LogP contribution in [0.25, 0.3) is 0 Å². The topological polar surface area (TPSA) is 38.7 Å². The van der Waals surface area contributed by atoms with Crippen LogP contribution in [0.15, 0.2) is 0 Å². The van der Waals surface area contributed by atoms with Gasteiger partial charge in [0.2, 0.25) is 0 Å². The molecule has 4 heteroatoms. The molecule has 0 aliphatic carbocycles. The normalized spacial score (nSPS) is 27.9. The van der Waals surface area contributed by atoms with Crippen LogP contribution < -0.4 is 5.32 Å². The summed E-state index contributed by atoms with van der Waals surface area (Å²) >= 11 is 0. The van der Waals surface area contributed by atoms with E-state index >= 15 is 0 Å². The Balaban J connectivity index is 2.49. The van der Waals surface area contributed by atoms with Crippen LogP contribution >= 0.6 is 0 Å². The van der Waals surface area contributed by atoms with Crippen molar-refractivity contribution >= 4 is 0 Å². The lowest BCUT2D eigenvalue weighted by molar-refractivity contribution is 0.0576. The van der Waals surface area contributed by atoms with Crippen molar-refractivity contribution in [2.75, 3.05) is 46.9 Å². The molecule has 0 radical (unpaired) electrons. The molecule has 16 heavy (non-hydrogen) atoms. The molecule has 1 heterocycles. The van der Waals surface area contributed by atoms with Crippen molar-refractivity contribution in [3.63, 3.8) is 0 Å². The van der Waals surface area contributed by atoms with E-state index in [0.29, 0.717) is 6.04 Å². The van der Waals surface area contributed by atoms with E-state index < -0.39 is 0 Å². The summed E-state index contributed by atoms with van der Waals surface area (Å²) < 4.78 is 0. The van der Waals surface area contributed by atoms with Gasteiger partial charge in [0.15, 0.2) is 0 Å². The van der Waals surface area contributed by atoms with Crippen LogP contribution in [0.1, 0.15) is 20.3 Å². The molecule has 1 saturated heterocycles. The first kappa shape index (κ1) is 13.9. The molecule has 0 saturated carbocycles. The molecular weight excluding hydrogens is 202 g/mol. The van der Waals surface area contributed by atoms with Crippen molar-refractivity contribution in [2.45, 2.75) is 31.8 Å². The summed E-state index contributed by atoms with van der Waals surface area (Å²) in [6.45, 7) is 8.77. The summed E-state index contributed by atoms with van der Waals surface area (Å²) in [6, 6.07) is 0.661. The summed E-state index contributed by atoms with van der Waals surface area (Å²) in [6.07, 6.45) is 1.20. The molecular formula is C12H27N3O. The molecule has 0 spiro atoms. The number of rotatable bonds is 5. The van der Waals surface area contributed by atoms with E-state index in [-0.39, 0.29) is 12.1 Å². The third-order valence-corrected chi connectivity index (χ3v) is 3.86. The Morgan fingerprint density at radius 1 is 1.44 bits per heavy atom. The quantitative estimate of drug-likeness (QED) is 0.695. The van der Waals surface area contributed by atoms with Gasteiger partial charge in [-0.05, 0) is 27.4 Å². The molecule has 4 nitrogen and oxygen atoms in total. The van der Waals surface area contributed by atoms with Gasteiger partial charge in [-0.3, -0.25) is 4.90 Å². The minimum absolute atomic E-state index is 0.172. The van der Waals surface area contributed by atoms with Gasteiger partial charge in [-0.25, -0.2) is 0 Å². The molecule has 1 fully saturated rings. The largest absolute Gasteiger partial charge is 0.394 e. The van der Waals surface area contributed by atoms with Crippen LogP contribution in [0.2, 0.25) is 0 Å². The number of hydrogen-bond donors (Lipinski definition) is 2. The van der Waals surface area contributed by atoms with E-state index in [1.54, 1.807) is 0 Å². The highest BCUT2D eigenvalue weighted by molar-refractivity contribution is 4.88. The van der Waals surface area contributed by atoms with Gasteiger partial charge in [-0.1, -0.05) is 6.92 Å². The number of likely N-dealkylation sites (N-methyl/N-ethyl adjacent to an activating group) is 2. The fourth-order valence-corrected chi connectivity index (χ4v) is 2.30. The lowest BCUT2D eigenvalue weighted by atomic mass is 10.0. The highest BCUT2D eigenvalue weighted by Gasteiger charge is 2.29. The van der Waals surface area contributed by atoms with Crippen molar-refractivity contribution < 1.29 is 5.11 Å². The zero-order chi connectivity index (χ0) is 12.2. The van der Waals surface area contributed by atoms with Crippen LogP contribution in [0, 0.1) is 0 Å². The first-order valence-electron chi connectivity index (χ1n) is 6.27. The van der Waals surface area contributed by atoms with Gasteiger partial charge < -0.3 is 15.3 Å². The third kappa shape index (κ3) is 3.42. The Morgan fingerprint density at radius 3 is 2.62 bits per heavy atom. The maximum absolute atomic E-state index is 9.39. The highest BCUT2D eigenvalue weighted by atomic mass is 16.3. The number of piperazine rings is 1. The van der Waals surface area contributed by atoms with Crippen LogP contribution in [0.5, 0.6) is 0 Å². The minimum atomic E-state index is -0.172. The maximum atomic E-state index is 9.39. The molecule has 1 rings (SSSR count). The van der Waals surface area contributed by atoms with Gasteiger partial charge in [0.05, 0.1) is 12.1 Å². The average Bonchev–Trinajstić information content (AvgIpc) is 2.31. The summed E-state index contributed by atoms with van der Waals surface area (Å²) in [5, 5.41) is 12.6. The molecule has 2 unspecified atom stereocenters. The average molecular weight is 229 g/mol. The van der Waals surface area contributed by atoms with E-state index in [1.807, 2.05) is 7.05 Å². The molecule has 0 aromatic rings. The van der Waals surface area contributed by atoms with Crippen LogP contribution in [0.3, 0.4) is 0 Å². The van der Waals surface area contributed by atoms with Gasteiger partial charge in [0.25, 0.3) is 0 Å². The number of nitrogens with one attached hydrogen (secondary N) is 1. The molecule has 0 aromatic heterocycles. The lowest BCUT2D eigenvalue weighted by Crippen LogP contribution is -2.58. The Bertz CT molecular complexity index is 206. The Morgan fingerprint density at radius 2 is 2.12 bits per heavy atom. The highest BCUT2D eigenvalue weighted by Crippen LogP contribution is 2.13. The molecule has 96 valence electrons. The predicted molar refractivity (Wildman–Crippen MR) is 67.7 cm³/mol. The van der Waals surface area contributed by atoms with Gasteiger partial charge in [-0.2, -0.15) is 0 Å². The number of nitrogens with zero attached hydrogens (tertiary/aromatic N) is 2. The number of aliphatic hydroxyl groups excluding tert-OH is 1. The van der Waals surface area contributed by atoms with Crippen molar-refractivity contribution in [1.29, 1.82) is 0 Å². The van der Waals surface area contributed by atoms with Gasteiger partial charge in [0, 0.05) is 32.2 Å². The van der Waals surface area contributed by atoms with Gasteiger partial charge in [0.1, 0.15) is 0 Å². The molecule has 2 N–H and O–H groups in total. The summed E-state index contributed by atoms with van der Waals surface area (Å²) in [4.78, 5) is 4.90. The second-order valence-electron chi connectivity index (χ2n) is 5.25. The Hall–Kier alpha value is -0.160. The summed E-state index contributed by atoms with van der Waals surface area (Å²) in [5.41, 5.74) is -0.172. The minimum Gasteiger partial charge on any atom is -0.394 e. The maximum Gasteiger partial charge on any atom is 0.0623 e. The second-order valence-corrected chi connectivity index (χ2v) is 5.25. The Labute approximate surface area is 99.6 Å². The van der Waals surface area contributed by atoms with E-state index in [2.05, 4.69) is 36.0 Å². The summed E-state index contributed by atoms with van der Waals surface area (Å²) in [7, 11) is 4.12. The summed E-state index contributed by atoms with van der Waals surface area (Å²) in [5.74, 6) is 0. The monoisotopic (exact) mass is 229 g/mol. The lowest BCUT2D eigenvalue weighted by Gasteiger charge is -2.42. The third-order valence-electron chi connectivity index (χ3n) is 3.86. The zero-order valence-electron chi connectivity index (χ0n) is 11.2. The smallest absolute Gasteiger partial charge is 0.0623 e. The fourth-order valence-electron chi connectivity index (χ4n) is 2.30. The Kier molecular flexibility index (Phi) is 5.18. The van der Waals surface area contributed by atoms with Crippen LogP contribution in [-0.2, 0) is 0 Å². The second kappa shape index (κ2) is 5.96. The molecule has 2 atom stereocenters. The molecule has 0 aromatic carbocycles. The first-order chi connectivity index (χ1) is 7.54. The van der Waals surface area contributed by atoms with E-state index in [1.165, 1.54) is 6.42 Å². The van der Waals surface area contributed by atoms with E-state index in [4.69, 9.17) is 0 Å². The van der Waals surface area contributed by atoms with E-state index in [9.17, 15) is 5.11 Å². The van der Waals surface area contributed by atoms with Gasteiger partial charge in [-0.15, -0.1) is 0 Å². The van der Waals surface area contributed by atoms with Crippen LogP contribution in [-0.4, -0.2) is 73.4 Å². The molecule has 1 aliphatic rings. The van der Waals surface area contributed by atoms with Crippen molar-refractivity contribution in [2.24, 2.45) is 0 Å². The van der Waals surface area contributed by atoms with Crippen LogP contribution in [0.4, 0.5) is 0 Å². The molecule has 0 amide bonds. The zero-order valence-corrected chi connectivity index (χ0v) is 11.2. The number of hydrogen-bond acceptors (Lipinski definition) is 4. The first-order valence-corrected chi connectivity index (χ1v) is 6.27. The van der Waals surface area contributed by atoms with Crippen molar-refractivity contribution in [3.8, 4) is 0 Å². The van der Waals surface area contributed by atoms with E-state index in [0.717, 1.165) is 26.2 Å². The fraction of sp³-hybridized carbons (Fsp3) is 1.00. The van der Waals surface area contributed by atoms with Gasteiger partial charge >= 0.3 is 0 Å². The number of aliphatic hydroxyl groups is 1.